The summed E-state index contributed by atoms with van der Waals surface area (Å²) in [5.41, 5.74) is 6.54. The molecule has 0 amide bonds. The topological polar surface area (TPSA) is 58.4 Å². The number of nitriles is 1. The summed E-state index contributed by atoms with van der Waals surface area (Å²) in [5.74, 6) is 0.751. The van der Waals surface area contributed by atoms with E-state index in [9.17, 15) is 5.26 Å². The van der Waals surface area contributed by atoms with Crippen molar-refractivity contribution in [3.63, 3.8) is 0 Å². The number of ether oxygens (including phenoxy) is 2. The standard InChI is InChI=1S/C23H25N3O2/c1-14-10-16(6-8-25-14)21-15(2)26-9-7-17-12-23(3,28-5)20(27-4)11-18(17)22(26)19(21)13-24/h6,8,10-12,15H,7,9H2,1-5H3. The minimum absolute atomic E-state index is 0.135. The maximum atomic E-state index is 10.1. The lowest BCUT2D eigenvalue weighted by molar-refractivity contribution is 0.0303. The molecule has 5 nitrogen and oxygen atoms in total. The van der Waals surface area contributed by atoms with Crippen LogP contribution < -0.4 is 0 Å². The lowest BCUT2D eigenvalue weighted by Crippen LogP contribution is -2.37. The maximum Gasteiger partial charge on any atom is 0.140 e. The van der Waals surface area contributed by atoms with E-state index in [1.54, 1.807) is 14.2 Å². The van der Waals surface area contributed by atoms with Crippen molar-refractivity contribution in [1.82, 2.24) is 9.88 Å². The van der Waals surface area contributed by atoms with Crippen LogP contribution in [0.2, 0.25) is 0 Å². The van der Waals surface area contributed by atoms with Crippen LogP contribution in [0, 0.1) is 18.3 Å². The van der Waals surface area contributed by atoms with Gasteiger partial charge in [-0.05, 0) is 62.6 Å². The normalized spacial score (nSPS) is 26.4. The summed E-state index contributed by atoms with van der Waals surface area (Å²) in [5, 5.41) is 10.1. The van der Waals surface area contributed by atoms with Crippen LogP contribution in [0.1, 0.15) is 31.5 Å². The molecule has 2 atom stereocenters. The van der Waals surface area contributed by atoms with Crippen LogP contribution >= 0.6 is 0 Å². The first-order valence-electron chi connectivity index (χ1n) is 9.55. The van der Waals surface area contributed by atoms with Crippen LogP contribution in [0.5, 0.6) is 0 Å². The molecule has 144 valence electrons. The maximum absolute atomic E-state index is 10.1. The number of nitrogens with zero attached hydrogens (tertiary/aromatic N) is 3. The van der Waals surface area contributed by atoms with Gasteiger partial charge in [0.2, 0.25) is 0 Å². The van der Waals surface area contributed by atoms with Crippen molar-refractivity contribution in [3.8, 4) is 6.07 Å². The third-order valence-corrected chi connectivity index (χ3v) is 6.08. The fraction of sp³-hybridized carbons (Fsp3) is 0.391. The summed E-state index contributed by atoms with van der Waals surface area (Å²) in [6, 6.07) is 6.68. The van der Waals surface area contributed by atoms with Crippen molar-refractivity contribution in [3.05, 3.63) is 69.9 Å². The van der Waals surface area contributed by atoms with Crippen LogP contribution in [0.3, 0.4) is 0 Å². The molecule has 4 rings (SSSR count). The predicted octanol–water partition coefficient (Wildman–Crippen LogP) is 3.90. The SMILES string of the molecule is COC1=CC2=C3C(C#N)=C(c4ccnc(C)c4)C(C)N3CCC2=CC1(C)OC. The molecule has 0 fully saturated rings. The van der Waals surface area contributed by atoms with Gasteiger partial charge in [-0.1, -0.05) is 0 Å². The van der Waals surface area contributed by atoms with Gasteiger partial charge < -0.3 is 14.4 Å². The number of rotatable bonds is 3. The Bertz CT molecular complexity index is 1010. The van der Waals surface area contributed by atoms with Crippen molar-refractivity contribution in [2.45, 2.75) is 38.8 Å². The molecule has 2 aliphatic heterocycles. The summed E-state index contributed by atoms with van der Waals surface area (Å²) < 4.78 is 11.4. The summed E-state index contributed by atoms with van der Waals surface area (Å²) in [6.07, 6.45) is 6.91. The van der Waals surface area contributed by atoms with Gasteiger partial charge in [0.25, 0.3) is 0 Å². The molecule has 28 heavy (non-hydrogen) atoms. The highest BCUT2D eigenvalue weighted by Crippen LogP contribution is 2.47. The molecule has 0 radical (unpaired) electrons. The Hall–Kier alpha value is -2.84. The second-order valence-electron chi connectivity index (χ2n) is 7.66. The molecule has 1 aromatic rings. The van der Waals surface area contributed by atoms with E-state index in [1.165, 1.54) is 5.57 Å². The van der Waals surface area contributed by atoms with E-state index < -0.39 is 5.60 Å². The highest BCUT2D eigenvalue weighted by molar-refractivity contribution is 5.84. The van der Waals surface area contributed by atoms with Gasteiger partial charge in [0.15, 0.2) is 0 Å². The smallest absolute Gasteiger partial charge is 0.140 e. The molecule has 0 saturated carbocycles. The van der Waals surface area contributed by atoms with E-state index in [0.29, 0.717) is 0 Å². The number of aromatic nitrogens is 1. The Kier molecular flexibility index (Phi) is 4.40. The van der Waals surface area contributed by atoms with Crippen LogP contribution in [0.15, 0.2) is 58.7 Å². The van der Waals surface area contributed by atoms with Gasteiger partial charge in [-0.2, -0.15) is 5.26 Å². The van der Waals surface area contributed by atoms with Crippen molar-refractivity contribution in [2.75, 3.05) is 20.8 Å². The Balaban J connectivity index is 1.96. The quantitative estimate of drug-likeness (QED) is 0.802. The molecule has 0 aromatic carbocycles. The average molecular weight is 375 g/mol. The lowest BCUT2D eigenvalue weighted by atomic mass is 9.83. The Morgan fingerprint density at radius 3 is 2.79 bits per heavy atom. The fourth-order valence-electron chi connectivity index (χ4n) is 4.57. The van der Waals surface area contributed by atoms with Crippen molar-refractivity contribution in [1.29, 1.82) is 5.26 Å². The predicted molar refractivity (Wildman–Crippen MR) is 108 cm³/mol. The Morgan fingerprint density at radius 1 is 1.36 bits per heavy atom. The largest absolute Gasteiger partial charge is 0.498 e. The third-order valence-electron chi connectivity index (χ3n) is 6.08. The lowest BCUT2D eigenvalue weighted by Gasteiger charge is -2.38. The molecule has 3 aliphatic rings. The molecule has 1 aromatic heterocycles. The number of pyridine rings is 1. The zero-order chi connectivity index (χ0) is 20.1. The number of aryl methyl sites for hydroxylation is 1. The van der Waals surface area contributed by atoms with Crippen LogP contribution in [0.4, 0.5) is 0 Å². The van der Waals surface area contributed by atoms with Crippen LogP contribution in [0.25, 0.3) is 5.57 Å². The van der Waals surface area contributed by atoms with Crippen LogP contribution in [-0.2, 0) is 9.47 Å². The van der Waals surface area contributed by atoms with Gasteiger partial charge in [0.1, 0.15) is 17.4 Å². The minimum atomic E-state index is -0.581. The van der Waals surface area contributed by atoms with Gasteiger partial charge in [-0.15, -0.1) is 0 Å². The van der Waals surface area contributed by atoms with Crippen molar-refractivity contribution in [2.24, 2.45) is 0 Å². The molecule has 3 heterocycles. The summed E-state index contributed by atoms with van der Waals surface area (Å²) >= 11 is 0. The van der Waals surface area contributed by atoms with Crippen LogP contribution in [-0.4, -0.2) is 42.3 Å². The molecule has 2 unspecified atom stereocenters. The number of methoxy groups -OCH3 is 2. The van der Waals surface area contributed by atoms with E-state index in [0.717, 1.165) is 52.4 Å². The number of hydrogen-bond donors (Lipinski definition) is 0. The van der Waals surface area contributed by atoms with Gasteiger partial charge in [0.05, 0.1) is 24.4 Å². The monoisotopic (exact) mass is 375 g/mol. The first kappa shape index (κ1) is 18.5. The zero-order valence-corrected chi connectivity index (χ0v) is 17.0. The molecule has 0 saturated heterocycles. The van der Waals surface area contributed by atoms with E-state index >= 15 is 0 Å². The van der Waals surface area contributed by atoms with Gasteiger partial charge in [-0.25, -0.2) is 0 Å². The van der Waals surface area contributed by atoms with Gasteiger partial charge >= 0.3 is 0 Å². The number of hydrogen-bond acceptors (Lipinski definition) is 5. The third kappa shape index (κ3) is 2.60. The molecule has 1 aliphatic carbocycles. The first-order chi connectivity index (χ1) is 13.4. The number of allylic oxidation sites excluding steroid dienone is 3. The van der Waals surface area contributed by atoms with E-state index in [1.807, 2.05) is 32.2 Å². The highest BCUT2D eigenvalue weighted by atomic mass is 16.5. The van der Waals surface area contributed by atoms with Crippen molar-refractivity contribution >= 4 is 5.57 Å². The molecule has 0 bridgehead atoms. The molecule has 0 N–H and O–H groups in total. The zero-order valence-electron chi connectivity index (χ0n) is 17.0. The van der Waals surface area contributed by atoms with E-state index in [-0.39, 0.29) is 6.04 Å². The Morgan fingerprint density at radius 2 is 2.14 bits per heavy atom. The van der Waals surface area contributed by atoms with E-state index in [4.69, 9.17) is 9.47 Å². The highest BCUT2D eigenvalue weighted by Gasteiger charge is 2.42. The van der Waals surface area contributed by atoms with E-state index in [2.05, 4.69) is 35.0 Å². The molecule has 5 heteroatoms. The summed E-state index contributed by atoms with van der Waals surface area (Å²) in [7, 11) is 3.36. The second-order valence-corrected chi connectivity index (χ2v) is 7.66. The molecular weight excluding hydrogens is 350 g/mol. The van der Waals surface area contributed by atoms with Crippen molar-refractivity contribution < 1.29 is 9.47 Å². The van der Waals surface area contributed by atoms with Gasteiger partial charge in [0, 0.05) is 36.7 Å². The summed E-state index contributed by atoms with van der Waals surface area (Å²) in [6.45, 7) is 7.03. The van der Waals surface area contributed by atoms with Gasteiger partial charge in [-0.3, -0.25) is 4.98 Å². The Labute approximate surface area is 166 Å². The summed E-state index contributed by atoms with van der Waals surface area (Å²) in [4.78, 5) is 6.65. The fourth-order valence-corrected chi connectivity index (χ4v) is 4.57. The first-order valence-corrected chi connectivity index (χ1v) is 9.55. The minimum Gasteiger partial charge on any atom is -0.498 e. The molecule has 0 spiro atoms. The average Bonchev–Trinajstić information content (AvgIpc) is 2.99. The molecular formula is C23H25N3O2. The number of fused-ring (bicyclic) bond motifs is 2. The second kappa shape index (κ2) is 6.65.